The Balaban J connectivity index is 0.00000312. The van der Waals surface area contributed by atoms with Crippen molar-refractivity contribution in [2.45, 2.75) is 48.8 Å². The number of amides is 1. The van der Waals surface area contributed by atoms with Crippen LogP contribution in [-0.4, -0.2) is 70.1 Å². The average molecular weight is 386 g/mol. The third kappa shape index (κ3) is 3.69. The fourth-order valence-electron chi connectivity index (χ4n) is 2.95. The van der Waals surface area contributed by atoms with Gasteiger partial charge in [0, 0.05) is 12.8 Å². The average Bonchev–Trinajstić information content (AvgIpc) is 2.59. The van der Waals surface area contributed by atoms with Crippen LogP contribution in [0.2, 0.25) is 0 Å². The molecule has 0 aliphatic carbocycles. The smallest absolute Gasteiger partial charge is 0.481 e. The van der Waals surface area contributed by atoms with E-state index in [9.17, 15) is 32.7 Å². The molecule has 2 fully saturated rings. The number of carboxylic acids is 2. The molecule has 0 bridgehead atoms. The Bertz CT molecular complexity index is 706. The zero-order valence-corrected chi connectivity index (χ0v) is 16.6. The quantitative estimate of drug-likeness (QED) is 0.253. The molecule has 0 unspecified atom stereocenters. The summed E-state index contributed by atoms with van der Waals surface area (Å²) in [6.45, 7) is 0.426. The molecule has 2 aliphatic heterocycles. The fourth-order valence-corrected chi connectivity index (χ4v) is 5.22. The van der Waals surface area contributed by atoms with Gasteiger partial charge in [0.05, 0.1) is 6.42 Å². The van der Waals surface area contributed by atoms with Crippen LogP contribution >= 0.6 is 0 Å². The first kappa shape index (κ1) is 21.9. The summed E-state index contributed by atoms with van der Waals surface area (Å²) in [6.07, 6.45) is -0.736. The van der Waals surface area contributed by atoms with E-state index in [-0.39, 0.29) is 55.2 Å². The number of carbonyl (C=O) groups excluding carboxylic acids is 2. The molecule has 1 amide bonds. The number of nitrogens with zero attached hydrogens (tertiary/aromatic N) is 1. The predicted octanol–water partition coefficient (Wildman–Crippen LogP) is -4.01. The summed E-state index contributed by atoms with van der Waals surface area (Å²) in [6, 6.07) is -1.62. The number of hydrogen-bond acceptors (Lipinski definition) is 7. The normalized spacial score (nSPS) is 29.2. The monoisotopic (exact) mass is 386 g/mol. The molecule has 12 heteroatoms. The summed E-state index contributed by atoms with van der Waals surface area (Å²) in [7, 11) is -4.03. The van der Waals surface area contributed by atoms with Gasteiger partial charge in [0.1, 0.15) is 16.7 Å². The first-order valence-corrected chi connectivity index (χ1v) is 8.72. The zero-order chi connectivity index (χ0) is 18.3. The number of hydrogen-bond donors (Lipinski definition) is 2. The number of carbonyl (C=O) groups is 4. The maximum absolute atomic E-state index is 12.5. The molecule has 0 spiro atoms. The van der Waals surface area contributed by atoms with Crippen molar-refractivity contribution in [3.05, 3.63) is 0 Å². The van der Waals surface area contributed by atoms with Crippen molar-refractivity contribution in [3.8, 4) is 0 Å². The first-order valence-electron chi connectivity index (χ1n) is 7.17. The largest absolute Gasteiger partial charge is 1.00 e. The SMILES string of the molecule is C[C@]1(COC(=O)CCCC(=O)O)[C@H](C(=O)O)N2C(=O)C[C@H]2S1(=O)=O.[Na+]. The molecule has 3 atom stereocenters. The summed E-state index contributed by atoms with van der Waals surface area (Å²) < 4.78 is 28.0. The molecule has 0 saturated carbocycles. The molecule has 25 heavy (non-hydrogen) atoms. The van der Waals surface area contributed by atoms with Crippen molar-refractivity contribution in [1.29, 1.82) is 0 Å². The Morgan fingerprint density at radius 2 is 1.88 bits per heavy atom. The molecule has 2 rings (SSSR count). The van der Waals surface area contributed by atoms with Gasteiger partial charge in [-0.1, -0.05) is 0 Å². The van der Waals surface area contributed by atoms with Gasteiger partial charge in [-0.15, -0.1) is 0 Å². The molecule has 2 N–H and O–H groups in total. The molecule has 0 aromatic rings. The molecule has 0 aromatic heterocycles. The fraction of sp³-hybridized carbons (Fsp3) is 0.692. The number of fused-ring (bicyclic) bond motifs is 1. The van der Waals surface area contributed by atoms with Gasteiger partial charge in [-0.05, 0) is 13.3 Å². The number of rotatable bonds is 7. The number of ether oxygens (including phenoxy) is 1. The van der Waals surface area contributed by atoms with Crippen LogP contribution in [0.1, 0.15) is 32.6 Å². The third-order valence-corrected chi connectivity index (χ3v) is 7.09. The van der Waals surface area contributed by atoms with Gasteiger partial charge in [0.25, 0.3) is 0 Å². The van der Waals surface area contributed by atoms with Gasteiger partial charge in [-0.25, -0.2) is 13.2 Å². The predicted molar refractivity (Wildman–Crippen MR) is 76.4 cm³/mol. The maximum Gasteiger partial charge on any atom is 1.00 e. The van der Waals surface area contributed by atoms with E-state index >= 15 is 0 Å². The minimum atomic E-state index is -4.03. The van der Waals surface area contributed by atoms with Crippen LogP contribution in [0.3, 0.4) is 0 Å². The van der Waals surface area contributed by atoms with E-state index in [1.165, 1.54) is 0 Å². The number of β-lactam (4-membered cyclic amide) rings is 1. The standard InChI is InChI=1S/C13H17NO9S.Na/c1-13(6-23-10(18)4-2-3-9(16)17)11(12(19)20)14-7(15)5-8(14)24(13,21)22;/h8,11H,2-6H2,1H3,(H,16,17)(H,19,20);/q;+1/t8-,11+,13+;/m1./s1. The molecule has 2 saturated heterocycles. The van der Waals surface area contributed by atoms with E-state index in [1.54, 1.807) is 0 Å². The Morgan fingerprint density at radius 3 is 2.36 bits per heavy atom. The van der Waals surface area contributed by atoms with Gasteiger partial charge < -0.3 is 19.8 Å². The van der Waals surface area contributed by atoms with E-state index in [1.807, 2.05) is 0 Å². The minimum Gasteiger partial charge on any atom is -0.481 e. The topological polar surface area (TPSA) is 155 Å². The van der Waals surface area contributed by atoms with Crippen molar-refractivity contribution < 1.29 is 72.1 Å². The van der Waals surface area contributed by atoms with E-state index in [2.05, 4.69) is 0 Å². The Labute approximate surface area is 165 Å². The van der Waals surface area contributed by atoms with E-state index < -0.39 is 56.4 Å². The summed E-state index contributed by atoms with van der Waals surface area (Å²) in [4.78, 5) is 45.8. The summed E-state index contributed by atoms with van der Waals surface area (Å²) >= 11 is 0. The van der Waals surface area contributed by atoms with Crippen molar-refractivity contribution in [1.82, 2.24) is 4.90 Å². The molecule has 10 nitrogen and oxygen atoms in total. The van der Waals surface area contributed by atoms with Gasteiger partial charge in [0.15, 0.2) is 15.9 Å². The van der Waals surface area contributed by atoms with Crippen LogP contribution < -0.4 is 29.6 Å². The van der Waals surface area contributed by atoms with E-state index in [4.69, 9.17) is 9.84 Å². The second kappa shape index (κ2) is 7.60. The zero-order valence-electron chi connectivity index (χ0n) is 13.8. The first-order chi connectivity index (χ1) is 11.0. The van der Waals surface area contributed by atoms with Gasteiger partial charge in [-0.3, -0.25) is 14.4 Å². The maximum atomic E-state index is 12.5. The van der Waals surface area contributed by atoms with Gasteiger partial charge in [-0.2, -0.15) is 0 Å². The van der Waals surface area contributed by atoms with Crippen molar-refractivity contribution >= 4 is 33.7 Å². The Morgan fingerprint density at radius 1 is 1.28 bits per heavy atom. The summed E-state index contributed by atoms with van der Waals surface area (Å²) in [5.41, 5.74) is 0. The van der Waals surface area contributed by atoms with Crippen LogP contribution in [0.25, 0.3) is 0 Å². The Kier molecular flexibility index (Phi) is 6.65. The molecule has 0 aromatic carbocycles. The summed E-state index contributed by atoms with van der Waals surface area (Å²) in [5, 5.41) is 16.6. The van der Waals surface area contributed by atoms with E-state index in [0.29, 0.717) is 0 Å². The van der Waals surface area contributed by atoms with Crippen molar-refractivity contribution in [2.24, 2.45) is 0 Å². The van der Waals surface area contributed by atoms with Crippen LogP contribution in [0.5, 0.6) is 0 Å². The van der Waals surface area contributed by atoms with Crippen LogP contribution in [0, 0.1) is 0 Å². The number of carboxylic acid groups (broad SMARTS) is 2. The molecule has 2 heterocycles. The Hall–Kier alpha value is -1.17. The van der Waals surface area contributed by atoms with Crippen LogP contribution in [0.15, 0.2) is 0 Å². The third-order valence-electron chi connectivity index (χ3n) is 4.34. The molecule has 0 radical (unpaired) electrons. The second-order valence-corrected chi connectivity index (χ2v) is 8.53. The van der Waals surface area contributed by atoms with Crippen LogP contribution in [-0.2, 0) is 33.8 Å². The molecular formula is C13H17NNaO9S+. The van der Waals surface area contributed by atoms with Crippen molar-refractivity contribution in [3.63, 3.8) is 0 Å². The van der Waals surface area contributed by atoms with E-state index in [0.717, 1.165) is 11.8 Å². The van der Waals surface area contributed by atoms with Gasteiger partial charge in [0.2, 0.25) is 5.91 Å². The number of esters is 1. The van der Waals surface area contributed by atoms with Crippen LogP contribution in [0.4, 0.5) is 0 Å². The van der Waals surface area contributed by atoms with Crippen molar-refractivity contribution in [2.75, 3.05) is 6.61 Å². The molecule has 134 valence electrons. The second-order valence-electron chi connectivity index (χ2n) is 5.97. The minimum absolute atomic E-state index is 0. The van der Waals surface area contributed by atoms with Gasteiger partial charge >= 0.3 is 47.5 Å². The number of sulfone groups is 1. The summed E-state index contributed by atoms with van der Waals surface area (Å²) in [5.74, 6) is -3.97. The molecular weight excluding hydrogens is 369 g/mol. The number of aliphatic carboxylic acids is 2. The molecule has 2 aliphatic rings.